The van der Waals surface area contributed by atoms with Crippen LogP contribution >= 0.6 is 11.8 Å². The van der Waals surface area contributed by atoms with Crippen molar-refractivity contribution >= 4 is 17.7 Å². The molecule has 5 nitrogen and oxygen atoms in total. The molecule has 0 saturated carbocycles. The van der Waals surface area contributed by atoms with E-state index in [1.54, 1.807) is 18.6 Å². The minimum atomic E-state index is 0.0115. The van der Waals surface area contributed by atoms with Crippen molar-refractivity contribution in [2.75, 3.05) is 5.75 Å². The molecule has 0 aromatic carbocycles. The van der Waals surface area contributed by atoms with E-state index in [0.29, 0.717) is 12.3 Å². The molecule has 0 aliphatic heterocycles. The molecule has 0 unspecified atom stereocenters. The number of carbonyl (C=O) groups is 1. The van der Waals surface area contributed by atoms with Crippen LogP contribution in [-0.4, -0.2) is 26.8 Å². The van der Waals surface area contributed by atoms with Crippen LogP contribution in [0.1, 0.15) is 11.3 Å². The largest absolute Gasteiger partial charge is 0.351 e. The van der Waals surface area contributed by atoms with Gasteiger partial charge in [0.15, 0.2) is 0 Å². The van der Waals surface area contributed by atoms with E-state index in [9.17, 15) is 4.79 Å². The van der Waals surface area contributed by atoms with Gasteiger partial charge in [0.2, 0.25) is 5.91 Å². The van der Waals surface area contributed by atoms with Crippen LogP contribution in [0.3, 0.4) is 0 Å². The monoisotopic (exact) mass is 262 g/mol. The third-order valence-electron chi connectivity index (χ3n) is 2.43. The van der Waals surface area contributed by atoms with Gasteiger partial charge in [0, 0.05) is 35.1 Å². The number of aromatic amines is 1. The molecule has 2 rings (SSSR count). The number of thioether (sulfide) groups is 1. The van der Waals surface area contributed by atoms with Crippen LogP contribution in [0.4, 0.5) is 0 Å². The average Bonchev–Trinajstić information content (AvgIpc) is 2.81. The zero-order chi connectivity index (χ0) is 12.8. The number of H-pyrrole nitrogens is 1. The number of pyridine rings is 1. The highest BCUT2D eigenvalue weighted by molar-refractivity contribution is 8.00. The van der Waals surface area contributed by atoms with E-state index < -0.39 is 0 Å². The van der Waals surface area contributed by atoms with Gasteiger partial charge in [-0.25, -0.2) is 0 Å². The average molecular weight is 262 g/mol. The Morgan fingerprint density at radius 3 is 2.89 bits per heavy atom. The van der Waals surface area contributed by atoms with Crippen molar-refractivity contribution in [2.24, 2.45) is 0 Å². The van der Waals surface area contributed by atoms with Crippen LogP contribution in [0, 0.1) is 6.92 Å². The molecule has 94 valence electrons. The van der Waals surface area contributed by atoms with E-state index in [1.165, 1.54) is 11.8 Å². The molecular formula is C12H14N4OS. The first-order valence-electron chi connectivity index (χ1n) is 5.54. The second-order valence-corrected chi connectivity index (χ2v) is 4.82. The predicted octanol–water partition coefficient (Wildman–Crippen LogP) is 1.52. The van der Waals surface area contributed by atoms with Crippen molar-refractivity contribution < 1.29 is 4.79 Å². The van der Waals surface area contributed by atoms with Crippen LogP contribution in [-0.2, 0) is 11.3 Å². The molecule has 2 heterocycles. The second-order valence-electron chi connectivity index (χ2n) is 3.77. The summed E-state index contributed by atoms with van der Waals surface area (Å²) in [7, 11) is 0. The molecule has 2 aromatic heterocycles. The van der Waals surface area contributed by atoms with Crippen LogP contribution in [0.15, 0.2) is 35.6 Å². The van der Waals surface area contributed by atoms with E-state index >= 15 is 0 Å². The first kappa shape index (κ1) is 12.6. The summed E-state index contributed by atoms with van der Waals surface area (Å²) in [5, 5.41) is 9.60. The summed E-state index contributed by atoms with van der Waals surface area (Å²) in [6, 6.07) is 3.77. The Balaban J connectivity index is 1.75. The molecule has 2 aromatic rings. The minimum Gasteiger partial charge on any atom is -0.351 e. The normalized spacial score (nSPS) is 10.3. The van der Waals surface area contributed by atoms with Crippen molar-refractivity contribution in [1.82, 2.24) is 20.5 Å². The molecule has 1 amide bonds. The molecule has 6 heteroatoms. The number of nitrogens with one attached hydrogen (secondary N) is 2. The fraction of sp³-hybridized carbons (Fsp3) is 0.250. The van der Waals surface area contributed by atoms with Gasteiger partial charge in [-0.15, -0.1) is 11.8 Å². The van der Waals surface area contributed by atoms with E-state index in [0.717, 1.165) is 16.2 Å². The highest BCUT2D eigenvalue weighted by Gasteiger charge is 2.05. The molecule has 0 spiro atoms. The standard InChI is InChI=1S/C12H14N4OS/c1-9-10(7-15-16-9)6-14-12(17)8-18-11-2-4-13-5-3-11/h2-5,7H,6,8H2,1H3,(H,14,17)(H,15,16). The molecule has 0 bridgehead atoms. The SMILES string of the molecule is Cc1[nH]ncc1CNC(=O)CSc1ccncc1. The second kappa shape index (κ2) is 6.20. The Bertz CT molecular complexity index is 512. The molecule has 2 N–H and O–H groups in total. The summed E-state index contributed by atoms with van der Waals surface area (Å²) in [6.07, 6.45) is 5.16. The molecular weight excluding hydrogens is 248 g/mol. The van der Waals surface area contributed by atoms with E-state index in [1.807, 2.05) is 19.1 Å². The zero-order valence-corrected chi connectivity index (χ0v) is 10.8. The number of nitrogens with zero attached hydrogens (tertiary/aromatic N) is 2. The van der Waals surface area contributed by atoms with Crippen molar-refractivity contribution in [2.45, 2.75) is 18.4 Å². The number of amides is 1. The maximum Gasteiger partial charge on any atom is 0.230 e. The fourth-order valence-electron chi connectivity index (χ4n) is 1.38. The predicted molar refractivity (Wildman–Crippen MR) is 70.1 cm³/mol. The molecule has 0 radical (unpaired) electrons. The summed E-state index contributed by atoms with van der Waals surface area (Å²) in [4.78, 5) is 16.6. The summed E-state index contributed by atoms with van der Waals surface area (Å²) < 4.78 is 0. The van der Waals surface area contributed by atoms with Gasteiger partial charge in [0.1, 0.15) is 0 Å². The summed E-state index contributed by atoms with van der Waals surface area (Å²) >= 11 is 1.49. The summed E-state index contributed by atoms with van der Waals surface area (Å²) in [5.74, 6) is 0.415. The van der Waals surface area contributed by atoms with E-state index in [-0.39, 0.29) is 5.91 Å². The molecule has 18 heavy (non-hydrogen) atoms. The topological polar surface area (TPSA) is 70.7 Å². The maximum absolute atomic E-state index is 11.6. The minimum absolute atomic E-state index is 0.0115. The highest BCUT2D eigenvalue weighted by atomic mass is 32.2. The van der Waals surface area contributed by atoms with Crippen LogP contribution in [0.2, 0.25) is 0 Å². The van der Waals surface area contributed by atoms with Crippen molar-refractivity contribution in [3.63, 3.8) is 0 Å². The number of aryl methyl sites for hydroxylation is 1. The van der Waals surface area contributed by atoms with Crippen LogP contribution in [0.5, 0.6) is 0 Å². The Morgan fingerprint density at radius 2 is 2.22 bits per heavy atom. The Labute approximate surface area is 109 Å². The fourth-order valence-corrected chi connectivity index (χ4v) is 2.10. The lowest BCUT2D eigenvalue weighted by Crippen LogP contribution is -2.24. The van der Waals surface area contributed by atoms with Gasteiger partial charge in [0.25, 0.3) is 0 Å². The third-order valence-corrected chi connectivity index (χ3v) is 3.44. The van der Waals surface area contributed by atoms with Crippen LogP contribution in [0.25, 0.3) is 0 Å². The Hall–Kier alpha value is -1.82. The Kier molecular flexibility index (Phi) is 4.35. The van der Waals surface area contributed by atoms with Gasteiger partial charge in [-0.1, -0.05) is 0 Å². The highest BCUT2D eigenvalue weighted by Crippen LogP contribution is 2.15. The number of aromatic nitrogens is 3. The van der Waals surface area contributed by atoms with Gasteiger partial charge in [-0.05, 0) is 19.1 Å². The first-order valence-corrected chi connectivity index (χ1v) is 6.52. The maximum atomic E-state index is 11.6. The number of hydrogen-bond acceptors (Lipinski definition) is 4. The molecule has 0 fully saturated rings. The van der Waals surface area contributed by atoms with E-state index in [4.69, 9.17) is 0 Å². The summed E-state index contributed by atoms with van der Waals surface area (Å²) in [6.45, 7) is 2.44. The molecule has 0 saturated heterocycles. The number of rotatable bonds is 5. The van der Waals surface area contributed by atoms with Crippen LogP contribution < -0.4 is 5.32 Å². The lowest BCUT2D eigenvalue weighted by Gasteiger charge is -2.04. The van der Waals surface area contributed by atoms with Crippen molar-refractivity contribution in [3.8, 4) is 0 Å². The zero-order valence-electron chi connectivity index (χ0n) is 10.0. The van der Waals surface area contributed by atoms with Crippen molar-refractivity contribution in [1.29, 1.82) is 0 Å². The lowest BCUT2D eigenvalue weighted by atomic mass is 10.3. The molecule has 0 aliphatic rings. The quantitative estimate of drug-likeness (QED) is 0.802. The van der Waals surface area contributed by atoms with Gasteiger partial charge in [0.05, 0.1) is 11.9 Å². The smallest absolute Gasteiger partial charge is 0.230 e. The van der Waals surface area contributed by atoms with Gasteiger partial charge in [-0.3, -0.25) is 14.9 Å². The summed E-state index contributed by atoms with van der Waals surface area (Å²) in [5.41, 5.74) is 1.99. The van der Waals surface area contributed by atoms with Crippen molar-refractivity contribution in [3.05, 3.63) is 42.0 Å². The first-order chi connectivity index (χ1) is 8.75. The van der Waals surface area contributed by atoms with E-state index in [2.05, 4.69) is 20.5 Å². The van der Waals surface area contributed by atoms with Gasteiger partial charge < -0.3 is 5.32 Å². The lowest BCUT2D eigenvalue weighted by molar-refractivity contribution is -0.118. The van der Waals surface area contributed by atoms with Gasteiger partial charge >= 0.3 is 0 Å². The third kappa shape index (κ3) is 3.59. The Morgan fingerprint density at radius 1 is 1.44 bits per heavy atom. The van der Waals surface area contributed by atoms with Gasteiger partial charge in [-0.2, -0.15) is 5.10 Å². The molecule has 0 aliphatic carbocycles. The molecule has 0 atom stereocenters. The number of hydrogen-bond donors (Lipinski definition) is 2. The number of carbonyl (C=O) groups excluding carboxylic acids is 1.